The van der Waals surface area contributed by atoms with E-state index in [1.807, 2.05) is 6.92 Å². The van der Waals surface area contributed by atoms with Crippen molar-refractivity contribution in [2.24, 2.45) is 0 Å². The van der Waals surface area contributed by atoms with Crippen molar-refractivity contribution in [2.75, 3.05) is 17.5 Å². The monoisotopic (exact) mass is 645 g/mol. The van der Waals surface area contributed by atoms with E-state index in [9.17, 15) is 18.0 Å². The number of nitrogens with zero attached hydrogens (tertiary/aromatic N) is 2. The fraction of sp³-hybridized carbons (Fsp3) is 0.375. The van der Waals surface area contributed by atoms with Gasteiger partial charge in [-0.05, 0) is 74.2 Å². The van der Waals surface area contributed by atoms with Gasteiger partial charge in [0.15, 0.2) is 0 Å². The van der Waals surface area contributed by atoms with Crippen molar-refractivity contribution in [1.29, 1.82) is 0 Å². The van der Waals surface area contributed by atoms with Crippen molar-refractivity contribution in [3.8, 4) is 5.75 Å². The normalized spacial score (nSPS) is 14.2. The maximum atomic E-state index is 14.3. The summed E-state index contributed by atoms with van der Waals surface area (Å²) in [6.07, 6.45) is 4.19. The average Bonchev–Trinajstić information content (AvgIpc) is 3.50. The van der Waals surface area contributed by atoms with Crippen molar-refractivity contribution in [3.63, 3.8) is 0 Å². The minimum absolute atomic E-state index is 0.0248. The lowest BCUT2D eigenvalue weighted by molar-refractivity contribution is -0.140. The smallest absolute Gasteiger partial charge is 0.264 e. The summed E-state index contributed by atoms with van der Waals surface area (Å²) in [5.41, 5.74) is 0.847. The summed E-state index contributed by atoms with van der Waals surface area (Å²) in [5.74, 6) is -0.521. The number of halogens is 2. The van der Waals surface area contributed by atoms with Crippen LogP contribution in [-0.2, 0) is 26.2 Å². The molecule has 0 spiro atoms. The molecule has 0 heterocycles. The summed E-state index contributed by atoms with van der Waals surface area (Å²) in [6, 6.07) is 18.7. The second-order valence-corrected chi connectivity index (χ2v) is 13.1. The number of ether oxygens (including phenoxy) is 1. The van der Waals surface area contributed by atoms with Gasteiger partial charge in [0.05, 0.1) is 17.2 Å². The maximum absolute atomic E-state index is 14.3. The van der Waals surface area contributed by atoms with Gasteiger partial charge >= 0.3 is 0 Å². The molecule has 0 bridgehead atoms. The summed E-state index contributed by atoms with van der Waals surface area (Å²) in [7, 11) is -4.27. The first-order valence-corrected chi connectivity index (χ1v) is 16.7. The lowest BCUT2D eigenvalue weighted by atomic mass is 10.1. The van der Waals surface area contributed by atoms with Crippen molar-refractivity contribution in [1.82, 2.24) is 10.2 Å². The molecule has 1 aliphatic carbocycles. The highest BCUT2D eigenvalue weighted by molar-refractivity contribution is 7.92. The predicted molar refractivity (Wildman–Crippen MR) is 170 cm³/mol. The summed E-state index contributed by atoms with van der Waals surface area (Å²) in [4.78, 5) is 29.3. The Labute approximate surface area is 264 Å². The van der Waals surface area contributed by atoms with Crippen LogP contribution in [0.2, 0.25) is 10.0 Å². The van der Waals surface area contributed by atoms with Crippen molar-refractivity contribution in [2.45, 2.75) is 69.5 Å². The number of anilines is 1. The third-order valence-electron chi connectivity index (χ3n) is 7.50. The Balaban J connectivity index is 1.76. The molecule has 1 aliphatic rings. The van der Waals surface area contributed by atoms with E-state index in [1.165, 1.54) is 29.2 Å². The van der Waals surface area contributed by atoms with Crippen LogP contribution >= 0.6 is 23.2 Å². The highest BCUT2D eigenvalue weighted by Crippen LogP contribution is 2.33. The van der Waals surface area contributed by atoms with E-state index in [1.54, 1.807) is 55.5 Å². The number of carbonyl (C=O) groups excluding carboxylic acids is 2. The van der Waals surface area contributed by atoms with Gasteiger partial charge < -0.3 is 15.0 Å². The van der Waals surface area contributed by atoms with Gasteiger partial charge in [0.1, 0.15) is 18.3 Å². The second-order valence-electron chi connectivity index (χ2n) is 10.4. The van der Waals surface area contributed by atoms with Crippen LogP contribution in [0.5, 0.6) is 5.75 Å². The Morgan fingerprint density at radius 1 is 0.953 bits per heavy atom. The third kappa shape index (κ3) is 8.02. The molecule has 1 atom stereocenters. The molecule has 2 amide bonds. The second kappa shape index (κ2) is 14.9. The molecule has 43 heavy (non-hydrogen) atoms. The highest BCUT2D eigenvalue weighted by Gasteiger charge is 2.35. The van der Waals surface area contributed by atoms with Gasteiger partial charge in [-0.1, -0.05) is 73.3 Å². The Morgan fingerprint density at radius 3 is 2.26 bits per heavy atom. The number of carbonyl (C=O) groups is 2. The van der Waals surface area contributed by atoms with Gasteiger partial charge in [0.25, 0.3) is 10.0 Å². The zero-order valence-corrected chi connectivity index (χ0v) is 26.7. The first-order valence-electron chi connectivity index (χ1n) is 14.5. The molecule has 0 radical (unpaired) electrons. The molecule has 230 valence electrons. The number of sulfonamides is 1. The minimum Gasteiger partial charge on any atom is -0.492 e. The molecule has 0 saturated heterocycles. The number of nitrogens with one attached hydrogen (secondary N) is 1. The molecule has 4 rings (SSSR count). The number of amides is 2. The minimum atomic E-state index is -4.27. The van der Waals surface area contributed by atoms with Crippen LogP contribution in [-0.4, -0.2) is 50.4 Å². The van der Waals surface area contributed by atoms with E-state index in [4.69, 9.17) is 27.9 Å². The van der Waals surface area contributed by atoms with Gasteiger partial charge in [-0.15, -0.1) is 0 Å². The average molecular weight is 647 g/mol. The fourth-order valence-electron chi connectivity index (χ4n) is 5.29. The Hall–Kier alpha value is -3.27. The zero-order chi connectivity index (χ0) is 31.0. The molecule has 3 aromatic carbocycles. The van der Waals surface area contributed by atoms with Gasteiger partial charge in [0, 0.05) is 22.6 Å². The van der Waals surface area contributed by atoms with Gasteiger partial charge in [-0.3, -0.25) is 13.9 Å². The summed E-state index contributed by atoms with van der Waals surface area (Å²) in [6.45, 7) is 3.36. The molecule has 3 aromatic rings. The van der Waals surface area contributed by atoms with Crippen LogP contribution in [0, 0.1) is 0 Å². The van der Waals surface area contributed by atoms with Gasteiger partial charge in [0.2, 0.25) is 11.8 Å². The number of benzene rings is 3. The van der Waals surface area contributed by atoms with Gasteiger partial charge in [-0.25, -0.2) is 8.42 Å². The lowest BCUT2D eigenvalue weighted by Crippen LogP contribution is -2.53. The molecular formula is C32H37Cl2N3O5S. The molecule has 1 fully saturated rings. The number of hydrogen-bond donors (Lipinski definition) is 1. The van der Waals surface area contributed by atoms with E-state index in [0.717, 1.165) is 30.0 Å². The third-order valence-corrected chi connectivity index (χ3v) is 9.89. The molecule has 0 aromatic heterocycles. The van der Waals surface area contributed by atoms with E-state index < -0.39 is 28.5 Å². The van der Waals surface area contributed by atoms with E-state index in [2.05, 4.69) is 5.32 Å². The molecule has 1 saturated carbocycles. The predicted octanol–water partition coefficient (Wildman–Crippen LogP) is 6.45. The van der Waals surface area contributed by atoms with E-state index in [-0.39, 0.29) is 35.7 Å². The SMILES string of the molecule is CCOc1ccccc1N(CC(=O)N(Cc1ccccc1Cl)C(CC)C(=O)NC1CCCC1)S(=O)(=O)c1ccc(Cl)cc1. The fourth-order valence-corrected chi connectivity index (χ4v) is 7.03. The molecule has 1 N–H and O–H groups in total. The summed E-state index contributed by atoms with van der Waals surface area (Å²) in [5, 5.41) is 3.93. The largest absolute Gasteiger partial charge is 0.492 e. The lowest BCUT2D eigenvalue weighted by Gasteiger charge is -2.34. The van der Waals surface area contributed by atoms with Gasteiger partial charge in [-0.2, -0.15) is 0 Å². The van der Waals surface area contributed by atoms with Crippen molar-refractivity contribution >= 4 is 50.7 Å². The number of rotatable bonds is 13. The van der Waals surface area contributed by atoms with Crippen LogP contribution in [0.4, 0.5) is 5.69 Å². The quantitative estimate of drug-likeness (QED) is 0.230. The topological polar surface area (TPSA) is 96.0 Å². The molecule has 8 nitrogen and oxygen atoms in total. The van der Waals surface area contributed by atoms with Crippen molar-refractivity contribution < 1.29 is 22.7 Å². The number of para-hydroxylation sites is 2. The first kappa shape index (κ1) is 32.6. The molecule has 1 unspecified atom stereocenters. The Bertz CT molecular complexity index is 1510. The van der Waals surface area contributed by atoms with Crippen molar-refractivity contribution in [3.05, 3.63) is 88.4 Å². The van der Waals surface area contributed by atoms with Crippen LogP contribution in [0.3, 0.4) is 0 Å². The Kier molecular flexibility index (Phi) is 11.3. The number of hydrogen-bond acceptors (Lipinski definition) is 5. The molecular weight excluding hydrogens is 609 g/mol. The Morgan fingerprint density at radius 2 is 1.60 bits per heavy atom. The zero-order valence-electron chi connectivity index (χ0n) is 24.3. The first-order chi connectivity index (χ1) is 20.6. The van der Waals surface area contributed by atoms with Crippen LogP contribution < -0.4 is 14.4 Å². The maximum Gasteiger partial charge on any atom is 0.264 e. The van der Waals surface area contributed by atoms with Crippen LogP contribution in [0.15, 0.2) is 77.7 Å². The van der Waals surface area contributed by atoms with E-state index >= 15 is 0 Å². The molecule has 11 heteroatoms. The molecule has 0 aliphatic heterocycles. The van der Waals surface area contributed by atoms with E-state index in [0.29, 0.717) is 27.8 Å². The van der Waals surface area contributed by atoms with Crippen LogP contribution in [0.1, 0.15) is 51.5 Å². The summed E-state index contributed by atoms with van der Waals surface area (Å²) >= 11 is 12.5. The van der Waals surface area contributed by atoms with Crippen LogP contribution in [0.25, 0.3) is 0 Å². The summed E-state index contributed by atoms with van der Waals surface area (Å²) < 4.78 is 35.1. The highest BCUT2D eigenvalue weighted by atomic mass is 35.5. The standard InChI is InChI=1S/C32H37Cl2N3O5S/c1-3-28(32(39)35-25-12-6-7-13-25)36(21-23-11-5-8-14-27(23)34)31(38)22-37(29-15-9-10-16-30(29)42-4-2)43(40,41)26-19-17-24(33)18-20-26/h5,8-11,14-20,25,28H,3-4,6-7,12-13,21-22H2,1-2H3,(H,35,39).